The van der Waals surface area contributed by atoms with Gasteiger partial charge in [0.15, 0.2) is 12.7 Å². The zero-order chi connectivity index (χ0) is 27.9. The summed E-state index contributed by atoms with van der Waals surface area (Å²) in [6.45, 7) is 6.38. The molecule has 0 saturated heterocycles. The molecule has 0 spiro atoms. The Labute approximate surface area is 224 Å². The molecule has 38 heavy (non-hydrogen) atoms. The molecule has 0 radical (unpaired) electrons. The van der Waals surface area contributed by atoms with Gasteiger partial charge >= 0.3 is 5.97 Å². The van der Waals surface area contributed by atoms with Crippen LogP contribution in [0.1, 0.15) is 82.8 Å². The van der Waals surface area contributed by atoms with Crippen LogP contribution in [-0.4, -0.2) is 47.7 Å². The standard InChI is InChI=1S/C30H41F2NO5/c1-4-7-8-9-10-11-18-33(20-23-12-15-24(31)19-27(23)32)28(34)21-38-25-16-13-22(14-17-25)26(5-2)29(30(35)36)37-6-3/h12-17,19,26,29H,4-11,18,20-21H2,1-3H3,(H,35,36)/t26?,29-/m0/s1. The number of unbranched alkanes of at least 4 members (excludes halogenated alkanes) is 5. The van der Waals surface area contributed by atoms with Crippen LogP contribution in [0.4, 0.5) is 8.78 Å². The van der Waals surface area contributed by atoms with Crippen molar-refractivity contribution in [2.45, 2.75) is 84.3 Å². The highest BCUT2D eigenvalue weighted by Gasteiger charge is 2.28. The van der Waals surface area contributed by atoms with Gasteiger partial charge in [-0.3, -0.25) is 4.79 Å². The minimum Gasteiger partial charge on any atom is -0.484 e. The summed E-state index contributed by atoms with van der Waals surface area (Å²) in [5.74, 6) is -2.49. The highest BCUT2D eigenvalue weighted by molar-refractivity contribution is 5.77. The third-order valence-corrected chi connectivity index (χ3v) is 6.58. The Kier molecular flexibility index (Phi) is 13.8. The smallest absolute Gasteiger partial charge is 0.333 e. The van der Waals surface area contributed by atoms with Gasteiger partial charge in [0.05, 0.1) is 0 Å². The summed E-state index contributed by atoms with van der Waals surface area (Å²) in [6.07, 6.45) is 5.95. The predicted molar refractivity (Wildman–Crippen MR) is 143 cm³/mol. The van der Waals surface area contributed by atoms with Gasteiger partial charge in [0.1, 0.15) is 17.4 Å². The zero-order valence-electron chi connectivity index (χ0n) is 22.8. The Morgan fingerprint density at radius 1 is 0.947 bits per heavy atom. The quantitative estimate of drug-likeness (QED) is 0.215. The molecular formula is C30H41F2NO5. The van der Waals surface area contributed by atoms with Crippen LogP contribution in [0.2, 0.25) is 0 Å². The van der Waals surface area contributed by atoms with E-state index in [2.05, 4.69) is 6.92 Å². The number of amides is 1. The maximum absolute atomic E-state index is 14.3. The second-order valence-electron chi connectivity index (χ2n) is 9.41. The van der Waals surface area contributed by atoms with Crippen molar-refractivity contribution in [1.82, 2.24) is 4.90 Å². The summed E-state index contributed by atoms with van der Waals surface area (Å²) in [5, 5.41) is 9.54. The van der Waals surface area contributed by atoms with E-state index in [9.17, 15) is 23.5 Å². The lowest BCUT2D eigenvalue weighted by atomic mass is 9.91. The molecule has 2 aromatic rings. The number of carboxylic acids is 1. The van der Waals surface area contributed by atoms with Crippen LogP contribution < -0.4 is 4.74 Å². The molecule has 0 aliphatic rings. The first-order valence-electron chi connectivity index (χ1n) is 13.6. The number of hydrogen-bond donors (Lipinski definition) is 1. The van der Waals surface area contributed by atoms with Crippen LogP contribution in [0.5, 0.6) is 5.75 Å². The first-order valence-corrected chi connectivity index (χ1v) is 13.6. The van der Waals surface area contributed by atoms with Gasteiger partial charge in [-0.1, -0.05) is 64.2 Å². The van der Waals surface area contributed by atoms with Crippen LogP contribution >= 0.6 is 0 Å². The molecule has 0 aromatic heterocycles. The first kappa shape index (κ1) is 31.2. The van der Waals surface area contributed by atoms with Crippen LogP contribution in [0.3, 0.4) is 0 Å². The number of aliphatic carboxylic acids is 1. The maximum Gasteiger partial charge on any atom is 0.333 e. The molecule has 6 nitrogen and oxygen atoms in total. The summed E-state index contributed by atoms with van der Waals surface area (Å²) in [4.78, 5) is 26.2. The lowest BCUT2D eigenvalue weighted by molar-refractivity contribution is -0.151. The van der Waals surface area contributed by atoms with Gasteiger partial charge in [0, 0.05) is 37.2 Å². The molecule has 1 N–H and O–H groups in total. The highest BCUT2D eigenvalue weighted by Crippen LogP contribution is 2.28. The Hall–Kier alpha value is -3.00. The molecule has 0 saturated carbocycles. The SMILES string of the molecule is CCCCCCCCN(Cc1ccc(F)cc1F)C(=O)COc1ccc(C(CC)[C@H](OCC)C(=O)O)cc1. The van der Waals surface area contributed by atoms with Crippen LogP contribution in [0, 0.1) is 11.6 Å². The molecule has 0 aliphatic carbocycles. The molecule has 1 amide bonds. The molecule has 1 unspecified atom stereocenters. The van der Waals surface area contributed by atoms with Crippen molar-refractivity contribution in [3.8, 4) is 5.75 Å². The Bertz CT molecular complexity index is 999. The van der Waals surface area contributed by atoms with Crippen molar-refractivity contribution in [2.24, 2.45) is 0 Å². The number of ether oxygens (including phenoxy) is 2. The second-order valence-corrected chi connectivity index (χ2v) is 9.41. The van der Waals surface area contributed by atoms with Gasteiger partial charge in [0.2, 0.25) is 0 Å². The minimum absolute atomic E-state index is 0.0361. The predicted octanol–water partition coefficient (Wildman–Crippen LogP) is 6.72. The first-order chi connectivity index (χ1) is 18.3. The number of carbonyl (C=O) groups is 2. The van der Waals surface area contributed by atoms with E-state index in [0.717, 1.165) is 43.7 Å². The third-order valence-electron chi connectivity index (χ3n) is 6.58. The van der Waals surface area contributed by atoms with Crippen LogP contribution in [0.15, 0.2) is 42.5 Å². The summed E-state index contributed by atoms with van der Waals surface area (Å²) in [7, 11) is 0. The van der Waals surface area contributed by atoms with Gasteiger partial charge in [-0.2, -0.15) is 0 Å². The Balaban J connectivity index is 2.03. The normalized spacial score (nSPS) is 12.7. The van der Waals surface area contributed by atoms with Crippen molar-refractivity contribution in [1.29, 1.82) is 0 Å². The molecule has 8 heteroatoms. The highest BCUT2D eigenvalue weighted by atomic mass is 19.1. The number of carbonyl (C=O) groups excluding carboxylic acids is 1. The van der Waals surface area contributed by atoms with Gasteiger partial charge in [-0.25, -0.2) is 13.6 Å². The summed E-state index contributed by atoms with van der Waals surface area (Å²) in [6, 6.07) is 10.3. The fraction of sp³-hybridized carbons (Fsp3) is 0.533. The van der Waals surface area contributed by atoms with Crippen molar-refractivity contribution >= 4 is 11.9 Å². The minimum atomic E-state index is -1.01. The largest absolute Gasteiger partial charge is 0.484 e. The van der Waals surface area contributed by atoms with Crippen LogP contribution in [0.25, 0.3) is 0 Å². The molecule has 2 aromatic carbocycles. The van der Waals surface area contributed by atoms with Crippen LogP contribution in [-0.2, 0) is 20.9 Å². The number of carboxylic acid groups (broad SMARTS) is 1. The van der Waals surface area contributed by atoms with E-state index >= 15 is 0 Å². The van der Waals surface area contributed by atoms with Crippen molar-refractivity contribution < 1.29 is 33.0 Å². The molecule has 210 valence electrons. The molecule has 0 heterocycles. The second kappa shape index (κ2) is 16.8. The maximum atomic E-state index is 14.3. The topological polar surface area (TPSA) is 76.1 Å². The molecule has 0 fully saturated rings. The summed E-state index contributed by atoms with van der Waals surface area (Å²) < 4.78 is 38.8. The monoisotopic (exact) mass is 533 g/mol. The van der Waals surface area contributed by atoms with E-state index in [0.29, 0.717) is 25.3 Å². The molecule has 0 bridgehead atoms. The van der Waals surface area contributed by atoms with Gasteiger partial charge in [-0.15, -0.1) is 0 Å². The van der Waals surface area contributed by atoms with E-state index < -0.39 is 23.7 Å². The number of hydrogen-bond acceptors (Lipinski definition) is 4. The lowest BCUT2D eigenvalue weighted by Gasteiger charge is -2.24. The number of nitrogens with zero attached hydrogens (tertiary/aromatic N) is 1. The van der Waals surface area contributed by atoms with Gasteiger partial charge in [0.25, 0.3) is 5.91 Å². The molecule has 0 aliphatic heterocycles. The third kappa shape index (κ3) is 10.0. The zero-order valence-corrected chi connectivity index (χ0v) is 22.8. The van der Waals surface area contributed by atoms with E-state index in [4.69, 9.17) is 9.47 Å². The van der Waals surface area contributed by atoms with Crippen molar-refractivity contribution in [3.63, 3.8) is 0 Å². The van der Waals surface area contributed by atoms with Crippen molar-refractivity contribution in [3.05, 3.63) is 65.2 Å². The fourth-order valence-electron chi connectivity index (χ4n) is 4.44. The van der Waals surface area contributed by atoms with E-state index in [-0.39, 0.29) is 30.5 Å². The number of rotatable bonds is 18. The average molecular weight is 534 g/mol. The Morgan fingerprint density at radius 2 is 1.63 bits per heavy atom. The molecular weight excluding hydrogens is 492 g/mol. The summed E-state index contributed by atoms with van der Waals surface area (Å²) >= 11 is 0. The lowest BCUT2D eigenvalue weighted by Crippen LogP contribution is -2.35. The summed E-state index contributed by atoms with van der Waals surface area (Å²) in [5.41, 5.74) is 1.06. The molecule has 2 atom stereocenters. The number of benzene rings is 2. The van der Waals surface area contributed by atoms with Gasteiger partial charge < -0.3 is 19.5 Å². The van der Waals surface area contributed by atoms with Crippen molar-refractivity contribution in [2.75, 3.05) is 19.8 Å². The fourth-order valence-corrected chi connectivity index (χ4v) is 4.44. The van der Waals surface area contributed by atoms with Gasteiger partial charge in [-0.05, 0) is 43.5 Å². The number of halogens is 2. The van der Waals surface area contributed by atoms with E-state index in [1.165, 1.54) is 18.6 Å². The van der Waals surface area contributed by atoms with E-state index in [1.54, 1.807) is 36.1 Å². The average Bonchev–Trinajstić information content (AvgIpc) is 2.90. The Morgan fingerprint density at radius 3 is 2.24 bits per heavy atom. The molecule has 2 rings (SSSR count). The van der Waals surface area contributed by atoms with E-state index in [1.807, 2.05) is 6.92 Å².